The number of nitrogen functional groups attached to an aromatic ring is 1. The molecule has 0 aliphatic heterocycles. The summed E-state index contributed by atoms with van der Waals surface area (Å²) in [4.78, 5) is 4.18. The zero-order valence-electron chi connectivity index (χ0n) is 11.1. The molecule has 4 nitrogen and oxygen atoms in total. The normalized spacial score (nSPS) is 10.8. The second-order valence-electron chi connectivity index (χ2n) is 4.68. The Morgan fingerprint density at radius 1 is 1.05 bits per heavy atom. The first-order valence-electron chi connectivity index (χ1n) is 6.19. The molecule has 1 aromatic heterocycles. The Labute approximate surface area is 119 Å². The molecule has 0 radical (unpaired) electrons. The second-order valence-corrected chi connectivity index (χ2v) is 4.68. The largest absolute Gasteiger partial charge is 0.396 e. The van der Waals surface area contributed by atoms with E-state index in [4.69, 9.17) is 10.3 Å². The van der Waals surface area contributed by atoms with E-state index in [1.54, 1.807) is 13.0 Å². The van der Waals surface area contributed by atoms with Crippen LogP contribution in [0.5, 0.6) is 0 Å². The first-order chi connectivity index (χ1) is 10.0. The molecule has 0 fully saturated rings. The Bertz CT molecular complexity index is 794. The minimum atomic E-state index is -0.515. The lowest BCUT2D eigenvalue weighted by Gasteiger charge is -1.98. The van der Waals surface area contributed by atoms with E-state index in [0.29, 0.717) is 11.1 Å². The van der Waals surface area contributed by atoms with Crippen LogP contribution in [0.2, 0.25) is 0 Å². The predicted molar refractivity (Wildman–Crippen MR) is 74.2 cm³/mol. The molecular formula is C15H11F2N3O. The number of anilines is 1. The summed E-state index contributed by atoms with van der Waals surface area (Å²) in [6, 6.07) is 8.59. The molecule has 6 heteroatoms. The van der Waals surface area contributed by atoms with Crippen LogP contribution in [0, 0.1) is 18.6 Å². The van der Waals surface area contributed by atoms with Crippen LogP contribution in [0.25, 0.3) is 22.8 Å². The van der Waals surface area contributed by atoms with E-state index < -0.39 is 5.82 Å². The molecule has 0 atom stereocenters. The van der Waals surface area contributed by atoms with Gasteiger partial charge in [-0.1, -0.05) is 5.16 Å². The number of hydrogen-bond acceptors (Lipinski definition) is 4. The fourth-order valence-corrected chi connectivity index (χ4v) is 2.00. The highest BCUT2D eigenvalue weighted by Crippen LogP contribution is 2.25. The van der Waals surface area contributed by atoms with Gasteiger partial charge in [-0.05, 0) is 48.9 Å². The summed E-state index contributed by atoms with van der Waals surface area (Å²) in [6.07, 6.45) is 0. The number of rotatable bonds is 2. The maximum Gasteiger partial charge on any atom is 0.258 e. The molecule has 0 saturated heterocycles. The Balaban J connectivity index is 2.01. The predicted octanol–water partition coefficient (Wildman–Crippen LogP) is 3.57. The maximum atomic E-state index is 13.4. The van der Waals surface area contributed by atoms with Crippen molar-refractivity contribution in [1.29, 1.82) is 0 Å². The number of nitrogens with zero attached hydrogens (tertiary/aromatic N) is 2. The summed E-state index contributed by atoms with van der Waals surface area (Å²) >= 11 is 0. The Morgan fingerprint density at radius 2 is 1.86 bits per heavy atom. The highest BCUT2D eigenvalue weighted by molar-refractivity contribution is 5.63. The third-order valence-electron chi connectivity index (χ3n) is 2.97. The van der Waals surface area contributed by atoms with Crippen LogP contribution in [0.15, 0.2) is 40.9 Å². The molecule has 0 aliphatic rings. The standard InChI is InChI=1S/C15H11F2N3O/c1-8-4-10(6-11(16)5-8)14-19-15(21-20-14)9-2-3-12(17)13(18)7-9/h2-7H,18H2,1H3. The van der Waals surface area contributed by atoms with E-state index in [1.807, 2.05) is 0 Å². The molecule has 0 spiro atoms. The van der Waals surface area contributed by atoms with E-state index in [0.717, 1.165) is 5.56 Å². The van der Waals surface area contributed by atoms with Gasteiger partial charge >= 0.3 is 0 Å². The van der Waals surface area contributed by atoms with E-state index in [9.17, 15) is 8.78 Å². The van der Waals surface area contributed by atoms with Crippen LogP contribution in [0.4, 0.5) is 14.5 Å². The van der Waals surface area contributed by atoms with Crippen LogP contribution in [0.1, 0.15) is 5.56 Å². The molecule has 3 aromatic rings. The number of hydrogen-bond donors (Lipinski definition) is 1. The van der Waals surface area contributed by atoms with Crippen molar-refractivity contribution in [3.63, 3.8) is 0 Å². The smallest absolute Gasteiger partial charge is 0.258 e. The van der Waals surface area contributed by atoms with Crippen LogP contribution in [-0.4, -0.2) is 10.1 Å². The number of benzene rings is 2. The molecule has 3 rings (SSSR count). The van der Waals surface area contributed by atoms with Crippen molar-refractivity contribution >= 4 is 5.69 Å². The number of halogens is 2. The van der Waals surface area contributed by atoms with Crippen molar-refractivity contribution < 1.29 is 13.3 Å². The van der Waals surface area contributed by atoms with Gasteiger partial charge in [0.15, 0.2) is 0 Å². The quantitative estimate of drug-likeness (QED) is 0.732. The van der Waals surface area contributed by atoms with Gasteiger partial charge in [-0.15, -0.1) is 0 Å². The average molecular weight is 287 g/mol. The molecule has 0 aliphatic carbocycles. The highest BCUT2D eigenvalue weighted by Gasteiger charge is 2.13. The van der Waals surface area contributed by atoms with Crippen molar-refractivity contribution in [2.24, 2.45) is 0 Å². The topological polar surface area (TPSA) is 64.9 Å². The van der Waals surface area contributed by atoms with Gasteiger partial charge in [0.2, 0.25) is 5.82 Å². The number of nitrogens with two attached hydrogens (primary N) is 1. The maximum absolute atomic E-state index is 13.4. The minimum Gasteiger partial charge on any atom is -0.396 e. The number of aromatic nitrogens is 2. The van der Waals surface area contributed by atoms with Gasteiger partial charge < -0.3 is 10.3 Å². The summed E-state index contributed by atoms with van der Waals surface area (Å²) in [5.74, 6) is -0.435. The van der Waals surface area contributed by atoms with Gasteiger partial charge in [0.05, 0.1) is 5.69 Å². The molecule has 2 aromatic carbocycles. The SMILES string of the molecule is Cc1cc(F)cc(-c2noc(-c3ccc(F)c(N)c3)n2)c1. The molecule has 0 bridgehead atoms. The van der Waals surface area contributed by atoms with Gasteiger partial charge in [0, 0.05) is 11.1 Å². The van der Waals surface area contributed by atoms with Crippen LogP contribution in [-0.2, 0) is 0 Å². The van der Waals surface area contributed by atoms with Crippen molar-refractivity contribution in [3.05, 3.63) is 53.6 Å². The molecule has 2 N–H and O–H groups in total. The Kier molecular flexibility index (Phi) is 3.13. The first kappa shape index (κ1) is 13.2. The summed E-state index contributed by atoms with van der Waals surface area (Å²) in [5.41, 5.74) is 7.26. The number of aryl methyl sites for hydroxylation is 1. The molecule has 1 heterocycles. The van der Waals surface area contributed by atoms with E-state index in [-0.39, 0.29) is 23.2 Å². The summed E-state index contributed by atoms with van der Waals surface area (Å²) in [6.45, 7) is 1.77. The lowest BCUT2D eigenvalue weighted by molar-refractivity contribution is 0.432. The van der Waals surface area contributed by atoms with Crippen molar-refractivity contribution in [2.45, 2.75) is 6.92 Å². The third-order valence-corrected chi connectivity index (χ3v) is 2.97. The van der Waals surface area contributed by atoms with Gasteiger partial charge in [0.1, 0.15) is 11.6 Å². The summed E-state index contributed by atoms with van der Waals surface area (Å²) < 4.78 is 31.7. The monoisotopic (exact) mass is 287 g/mol. The van der Waals surface area contributed by atoms with Crippen LogP contribution < -0.4 is 5.73 Å². The lowest BCUT2D eigenvalue weighted by atomic mass is 10.1. The second kappa shape index (κ2) is 4.97. The fraction of sp³-hybridized carbons (Fsp3) is 0.0667. The van der Waals surface area contributed by atoms with Crippen molar-refractivity contribution in [3.8, 4) is 22.8 Å². The molecular weight excluding hydrogens is 276 g/mol. The van der Waals surface area contributed by atoms with Crippen molar-refractivity contribution in [1.82, 2.24) is 10.1 Å². The average Bonchev–Trinajstić information content (AvgIpc) is 2.90. The molecule has 21 heavy (non-hydrogen) atoms. The van der Waals surface area contributed by atoms with Crippen molar-refractivity contribution in [2.75, 3.05) is 5.73 Å². The summed E-state index contributed by atoms with van der Waals surface area (Å²) in [7, 11) is 0. The van der Waals surface area contributed by atoms with E-state index in [2.05, 4.69) is 10.1 Å². The van der Waals surface area contributed by atoms with Crippen LogP contribution in [0.3, 0.4) is 0 Å². The lowest BCUT2D eigenvalue weighted by Crippen LogP contribution is -1.91. The fourth-order valence-electron chi connectivity index (χ4n) is 2.00. The van der Waals surface area contributed by atoms with Gasteiger partial charge in [-0.2, -0.15) is 4.98 Å². The zero-order chi connectivity index (χ0) is 15.0. The highest BCUT2D eigenvalue weighted by atomic mass is 19.1. The Morgan fingerprint density at radius 3 is 2.57 bits per heavy atom. The van der Waals surface area contributed by atoms with Gasteiger partial charge in [-0.25, -0.2) is 8.78 Å². The minimum absolute atomic E-state index is 0.00569. The molecule has 106 valence electrons. The molecule has 0 amide bonds. The van der Waals surface area contributed by atoms with Gasteiger partial charge in [0.25, 0.3) is 5.89 Å². The molecule has 0 unspecified atom stereocenters. The summed E-state index contributed by atoms with van der Waals surface area (Å²) in [5, 5.41) is 3.81. The third kappa shape index (κ3) is 2.60. The van der Waals surface area contributed by atoms with E-state index >= 15 is 0 Å². The van der Waals surface area contributed by atoms with Crippen LogP contribution >= 0.6 is 0 Å². The van der Waals surface area contributed by atoms with Gasteiger partial charge in [-0.3, -0.25) is 0 Å². The molecule has 0 saturated carbocycles. The van der Waals surface area contributed by atoms with E-state index in [1.165, 1.54) is 30.3 Å². The first-order valence-corrected chi connectivity index (χ1v) is 6.19. The zero-order valence-corrected chi connectivity index (χ0v) is 11.1. The Hall–Kier alpha value is -2.76.